The number of hydrogen-bond acceptors (Lipinski definition) is 6. The van der Waals surface area contributed by atoms with Crippen molar-refractivity contribution >= 4 is 28.6 Å². The van der Waals surface area contributed by atoms with Crippen LogP contribution in [0.3, 0.4) is 0 Å². The summed E-state index contributed by atoms with van der Waals surface area (Å²) in [5.41, 5.74) is 4.46. The Bertz CT molecular complexity index is 592. The Balaban J connectivity index is 1.66. The van der Waals surface area contributed by atoms with Gasteiger partial charge < -0.3 is 0 Å². The Morgan fingerprint density at radius 1 is 1.53 bits per heavy atom. The first-order valence-corrected chi connectivity index (χ1v) is 7.75. The minimum absolute atomic E-state index is 0.324. The third kappa shape index (κ3) is 2.69. The third-order valence-corrected chi connectivity index (χ3v) is 5.06. The van der Waals surface area contributed by atoms with Crippen molar-refractivity contribution < 1.29 is 4.79 Å². The molecule has 19 heavy (non-hydrogen) atoms. The molecule has 0 bridgehead atoms. The van der Waals surface area contributed by atoms with Gasteiger partial charge in [0.05, 0.1) is 5.69 Å². The van der Waals surface area contributed by atoms with Gasteiger partial charge in [-0.2, -0.15) is 0 Å². The van der Waals surface area contributed by atoms with E-state index in [1.807, 2.05) is 16.7 Å². The van der Waals surface area contributed by atoms with E-state index in [9.17, 15) is 4.79 Å². The number of rotatable bonds is 3. The van der Waals surface area contributed by atoms with Crippen LogP contribution in [0, 0.1) is 0 Å². The summed E-state index contributed by atoms with van der Waals surface area (Å²) in [5, 5.41) is 4.50. The van der Waals surface area contributed by atoms with Crippen molar-refractivity contribution in [3.05, 3.63) is 38.0 Å². The van der Waals surface area contributed by atoms with Gasteiger partial charge in [-0.3, -0.25) is 15.1 Å². The normalized spacial score (nSPS) is 15.2. The highest BCUT2D eigenvalue weighted by Crippen LogP contribution is 2.25. The van der Waals surface area contributed by atoms with E-state index < -0.39 is 0 Å². The van der Waals surface area contributed by atoms with Gasteiger partial charge in [-0.05, 0) is 23.4 Å². The van der Waals surface area contributed by atoms with Gasteiger partial charge in [0.15, 0.2) is 5.01 Å². The fourth-order valence-corrected chi connectivity index (χ4v) is 3.82. The number of hydrogen-bond donors (Lipinski definition) is 2. The van der Waals surface area contributed by atoms with E-state index in [1.54, 1.807) is 0 Å². The summed E-state index contributed by atoms with van der Waals surface area (Å²) in [7, 11) is 0. The van der Waals surface area contributed by atoms with E-state index in [-0.39, 0.29) is 5.91 Å². The molecule has 100 valence electrons. The number of nitrogens with two attached hydrogens (primary N) is 1. The lowest BCUT2D eigenvalue weighted by atomic mass is 10.1. The van der Waals surface area contributed by atoms with Gasteiger partial charge in [0.25, 0.3) is 5.91 Å². The van der Waals surface area contributed by atoms with Crippen LogP contribution in [-0.2, 0) is 19.5 Å². The number of carbonyl (C=O) groups excluding carboxylic acids is 1. The molecule has 1 aliphatic rings. The maximum Gasteiger partial charge on any atom is 0.294 e. The SMILES string of the molecule is NNC(=O)c1nc(CN2CCc3sccc3C2)cs1. The standard InChI is InChI=1S/C12H14N4OS2/c13-15-11(17)12-14-9(7-19-12)6-16-3-1-10-8(5-16)2-4-18-10/h2,4,7H,1,3,5-6,13H2,(H,15,17). The number of nitrogens with one attached hydrogen (secondary N) is 1. The van der Waals surface area contributed by atoms with Gasteiger partial charge in [0, 0.05) is 29.9 Å². The van der Waals surface area contributed by atoms with Crippen LogP contribution in [0.5, 0.6) is 0 Å². The lowest BCUT2D eigenvalue weighted by Crippen LogP contribution is -2.30. The van der Waals surface area contributed by atoms with E-state index >= 15 is 0 Å². The van der Waals surface area contributed by atoms with E-state index in [0.717, 1.165) is 31.7 Å². The Kier molecular flexibility index (Phi) is 3.61. The minimum atomic E-state index is -0.324. The summed E-state index contributed by atoms with van der Waals surface area (Å²) in [6, 6.07) is 2.19. The van der Waals surface area contributed by atoms with E-state index in [0.29, 0.717) is 5.01 Å². The van der Waals surface area contributed by atoms with Crippen LogP contribution in [0.15, 0.2) is 16.8 Å². The molecule has 2 aromatic heterocycles. The molecule has 0 unspecified atom stereocenters. The number of fused-ring (bicyclic) bond motifs is 1. The zero-order valence-electron chi connectivity index (χ0n) is 10.3. The Morgan fingerprint density at radius 3 is 3.26 bits per heavy atom. The van der Waals surface area contributed by atoms with Crippen molar-refractivity contribution in [2.75, 3.05) is 6.54 Å². The Morgan fingerprint density at radius 2 is 2.42 bits per heavy atom. The number of aromatic nitrogens is 1. The minimum Gasteiger partial charge on any atom is -0.293 e. The number of amides is 1. The molecule has 0 atom stereocenters. The average molecular weight is 294 g/mol. The first kappa shape index (κ1) is 12.7. The smallest absolute Gasteiger partial charge is 0.293 e. The number of nitrogen functional groups attached to an aromatic ring is 1. The van der Waals surface area contributed by atoms with Gasteiger partial charge in [-0.1, -0.05) is 0 Å². The molecule has 0 spiro atoms. The highest BCUT2D eigenvalue weighted by atomic mass is 32.1. The summed E-state index contributed by atoms with van der Waals surface area (Å²) in [6.45, 7) is 2.79. The maximum atomic E-state index is 11.3. The van der Waals surface area contributed by atoms with Gasteiger partial charge in [0.1, 0.15) is 0 Å². The molecule has 3 rings (SSSR count). The van der Waals surface area contributed by atoms with E-state index in [2.05, 4.69) is 26.8 Å². The van der Waals surface area contributed by atoms with Crippen molar-refractivity contribution in [1.29, 1.82) is 0 Å². The summed E-state index contributed by atoms with van der Waals surface area (Å²) in [5.74, 6) is 4.77. The van der Waals surface area contributed by atoms with Crippen LogP contribution in [-0.4, -0.2) is 22.3 Å². The predicted octanol–water partition coefficient (Wildman–Crippen LogP) is 1.37. The molecule has 0 saturated heterocycles. The summed E-state index contributed by atoms with van der Waals surface area (Å²) in [6.07, 6.45) is 1.10. The van der Waals surface area contributed by atoms with E-state index in [1.165, 1.54) is 21.8 Å². The second-order valence-corrected chi connectivity index (χ2v) is 6.31. The number of nitrogens with zero attached hydrogens (tertiary/aromatic N) is 2. The van der Waals surface area contributed by atoms with E-state index in [4.69, 9.17) is 5.84 Å². The second-order valence-electron chi connectivity index (χ2n) is 4.45. The van der Waals surface area contributed by atoms with Crippen LogP contribution in [0.4, 0.5) is 0 Å². The zero-order chi connectivity index (χ0) is 13.2. The molecule has 0 fully saturated rings. The highest BCUT2D eigenvalue weighted by molar-refractivity contribution is 7.11. The summed E-state index contributed by atoms with van der Waals surface area (Å²) >= 11 is 3.17. The number of thiazole rings is 1. The van der Waals surface area contributed by atoms with Crippen molar-refractivity contribution in [3.63, 3.8) is 0 Å². The molecule has 2 aromatic rings. The first-order chi connectivity index (χ1) is 9.26. The predicted molar refractivity (Wildman–Crippen MR) is 75.9 cm³/mol. The molecular weight excluding hydrogens is 280 g/mol. The average Bonchev–Trinajstić information content (AvgIpc) is 3.06. The van der Waals surface area contributed by atoms with Crippen LogP contribution < -0.4 is 11.3 Å². The second kappa shape index (κ2) is 5.38. The third-order valence-electron chi connectivity index (χ3n) is 3.15. The molecule has 3 N–H and O–H groups in total. The number of thiophene rings is 1. The molecule has 0 aromatic carbocycles. The fraction of sp³-hybridized carbons (Fsp3) is 0.333. The van der Waals surface area contributed by atoms with Crippen LogP contribution in [0.1, 0.15) is 25.9 Å². The molecule has 3 heterocycles. The lowest BCUT2D eigenvalue weighted by molar-refractivity contribution is 0.0953. The van der Waals surface area contributed by atoms with Crippen LogP contribution in [0.2, 0.25) is 0 Å². The monoisotopic (exact) mass is 294 g/mol. The van der Waals surface area contributed by atoms with Crippen LogP contribution >= 0.6 is 22.7 Å². The molecule has 7 heteroatoms. The molecule has 0 radical (unpaired) electrons. The van der Waals surface area contributed by atoms with Crippen molar-refractivity contribution in [2.45, 2.75) is 19.5 Å². The van der Waals surface area contributed by atoms with Gasteiger partial charge in [0.2, 0.25) is 0 Å². The first-order valence-electron chi connectivity index (χ1n) is 5.99. The highest BCUT2D eigenvalue weighted by Gasteiger charge is 2.18. The van der Waals surface area contributed by atoms with Crippen molar-refractivity contribution in [1.82, 2.24) is 15.3 Å². The fourth-order valence-electron chi connectivity index (χ4n) is 2.22. The Hall–Kier alpha value is -1.28. The van der Waals surface area contributed by atoms with Gasteiger partial charge >= 0.3 is 0 Å². The van der Waals surface area contributed by atoms with Gasteiger partial charge in [-0.25, -0.2) is 10.8 Å². The lowest BCUT2D eigenvalue weighted by Gasteiger charge is -2.25. The summed E-state index contributed by atoms with van der Waals surface area (Å²) < 4.78 is 0. The largest absolute Gasteiger partial charge is 0.294 e. The quantitative estimate of drug-likeness (QED) is 0.509. The maximum absolute atomic E-state index is 11.3. The molecule has 5 nitrogen and oxygen atoms in total. The molecule has 1 amide bonds. The number of carbonyl (C=O) groups is 1. The number of hydrazine groups is 1. The van der Waals surface area contributed by atoms with Gasteiger partial charge in [-0.15, -0.1) is 22.7 Å². The molecule has 0 aliphatic carbocycles. The van der Waals surface area contributed by atoms with Crippen molar-refractivity contribution in [2.24, 2.45) is 5.84 Å². The van der Waals surface area contributed by atoms with Crippen molar-refractivity contribution in [3.8, 4) is 0 Å². The zero-order valence-corrected chi connectivity index (χ0v) is 11.9. The Labute approximate surface area is 119 Å². The molecule has 0 saturated carbocycles. The summed E-state index contributed by atoms with van der Waals surface area (Å²) in [4.78, 5) is 19.5. The van der Waals surface area contributed by atoms with Crippen LogP contribution in [0.25, 0.3) is 0 Å². The molecular formula is C12H14N4OS2. The topological polar surface area (TPSA) is 71.2 Å². The molecule has 1 aliphatic heterocycles.